The summed E-state index contributed by atoms with van der Waals surface area (Å²) in [5, 5.41) is 11.5. The Hall–Kier alpha value is -2.97. The second kappa shape index (κ2) is 9.26. The van der Waals surface area contributed by atoms with E-state index in [0.29, 0.717) is 22.0 Å². The molecular formula is C24H24N4O2S2. The number of thioether (sulfide) groups is 1. The minimum absolute atomic E-state index is 0.0690. The van der Waals surface area contributed by atoms with Crippen molar-refractivity contribution in [1.82, 2.24) is 15.2 Å². The van der Waals surface area contributed by atoms with Crippen LogP contribution in [0.25, 0.3) is 11.5 Å². The highest BCUT2D eigenvalue weighted by molar-refractivity contribution is 7.98. The highest BCUT2D eigenvalue weighted by Crippen LogP contribution is 2.33. The van der Waals surface area contributed by atoms with E-state index in [9.17, 15) is 4.79 Å². The predicted molar refractivity (Wildman–Crippen MR) is 130 cm³/mol. The van der Waals surface area contributed by atoms with Crippen LogP contribution in [0.2, 0.25) is 0 Å². The molecule has 2 aromatic heterocycles. The number of nitrogens with zero attached hydrogens (tertiary/aromatic N) is 4. The molecule has 2 heterocycles. The number of hydrogen-bond acceptors (Lipinski definition) is 7. The molecule has 0 saturated carbocycles. The summed E-state index contributed by atoms with van der Waals surface area (Å²) >= 11 is 2.88. The van der Waals surface area contributed by atoms with Crippen molar-refractivity contribution in [2.24, 2.45) is 0 Å². The van der Waals surface area contributed by atoms with Gasteiger partial charge in [-0.05, 0) is 51.5 Å². The first-order valence-electron chi connectivity index (χ1n) is 10.2. The van der Waals surface area contributed by atoms with E-state index in [4.69, 9.17) is 4.42 Å². The summed E-state index contributed by atoms with van der Waals surface area (Å²) in [7, 11) is 0. The number of carbonyl (C=O) groups excluding carboxylic acids is 1. The van der Waals surface area contributed by atoms with Crippen molar-refractivity contribution in [2.45, 2.75) is 45.6 Å². The zero-order valence-corrected chi connectivity index (χ0v) is 20.3. The third-order valence-corrected chi connectivity index (χ3v) is 6.58. The van der Waals surface area contributed by atoms with Crippen LogP contribution >= 0.6 is 23.1 Å². The van der Waals surface area contributed by atoms with Crippen LogP contribution in [0, 0.1) is 27.7 Å². The Labute approximate surface area is 195 Å². The van der Waals surface area contributed by atoms with Crippen LogP contribution in [0.15, 0.2) is 51.4 Å². The lowest BCUT2D eigenvalue weighted by molar-refractivity contribution is -0.115. The normalized spacial score (nSPS) is 11.0. The minimum Gasteiger partial charge on any atom is -0.411 e. The van der Waals surface area contributed by atoms with Crippen molar-refractivity contribution in [3.63, 3.8) is 0 Å². The summed E-state index contributed by atoms with van der Waals surface area (Å²) in [6.45, 7) is 9.69. The Bertz CT molecular complexity index is 1260. The van der Waals surface area contributed by atoms with Gasteiger partial charge in [-0.2, -0.15) is 0 Å². The quantitative estimate of drug-likeness (QED) is 0.307. The maximum absolute atomic E-state index is 12.4. The Balaban J connectivity index is 1.48. The zero-order chi connectivity index (χ0) is 22.8. The second-order valence-electron chi connectivity index (χ2n) is 7.80. The fourth-order valence-corrected chi connectivity index (χ4v) is 5.19. The molecule has 32 heavy (non-hydrogen) atoms. The SMILES string of the molecule is CC(=O)N(c1nc(CSc2nnc(-c3cc(C)cc(C)c3)o2)cs1)c1ccc(C)cc1C. The smallest absolute Gasteiger partial charge is 0.277 e. The van der Waals surface area contributed by atoms with Crippen molar-refractivity contribution in [3.05, 3.63) is 69.7 Å². The van der Waals surface area contributed by atoms with Gasteiger partial charge >= 0.3 is 0 Å². The molecule has 4 aromatic rings. The van der Waals surface area contributed by atoms with E-state index in [1.807, 2.05) is 57.3 Å². The lowest BCUT2D eigenvalue weighted by Gasteiger charge is -2.20. The average molecular weight is 465 g/mol. The van der Waals surface area contributed by atoms with Gasteiger partial charge in [-0.1, -0.05) is 46.7 Å². The van der Waals surface area contributed by atoms with Crippen LogP contribution < -0.4 is 4.90 Å². The Morgan fingerprint density at radius 2 is 1.78 bits per heavy atom. The first kappa shape index (κ1) is 22.2. The molecule has 0 spiro atoms. The van der Waals surface area contributed by atoms with Crippen LogP contribution in [-0.4, -0.2) is 21.1 Å². The van der Waals surface area contributed by atoms with Gasteiger partial charge in [0.25, 0.3) is 5.22 Å². The van der Waals surface area contributed by atoms with E-state index in [0.717, 1.165) is 39.2 Å². The molecule has 6 nitrogen and oxygen atoms in total. The number of anilines is 2. The van der Waals surface area contributed by atoms with E-state index >= 15 is 0 Å². The number of thiazole rings is 1. The fraction of sp³-hybridized carbons (Fsp3) is 0.250. The summed E-state index contributed by atoms with van der Waals surface area (Å²) in [4.78, 5) is 18.8. The van der Waals surface area contributed by atoms with Gasteiger partial charge in [0.15, 0.2) is 5.13 Å². The molecule has 164 valence electrons. The van der Waals surface area contributed by atoms with Crippen LogP contribution in [0.5, 0.6) is 0 Å². The van der Waals surface area contributed by atoms with Gasteiger partial charge in [0.05, 0.1) is 11.4 Å². The Morgan fingerprint density at radius 1 is 1.03 bits per heavy atom. The van der Waals surface area contributed by atoms with E-state index in [1.165, 1.54) is 23.1 Å². The van der Waals surface area contributed by atoms with Crippen LogP contribution in [0.1, 0.15) is 34.9 Å². The van der Waals surface area contributed by atoms with Gasteiger partial charge < -0.3 is 4.42 Å². The number of aryl methyl sites for hydroxylation is 4. The predicted octanol–water partition coefficient (Wildman–Crippen LogP) is 6.40. The number of carbonyl (C=O) groups is 1. The molecule has 8 heteroatoms. The van der Waals surface area contributed by atoms with Gasteiger partial charge in [0, 0.05) is 23.6 Å². The van der Waals surface area contributed by atoms with Crippen molar-refractivity contribution >= 4 is 39.8 Å². The van der Waals surface area contributed by atoms with Crippen LogP contribution in [-0.2, 0) is 10.5 Å². The highest BCUT2D eigenvalue weighted by Gasteiger charge is 2.20. The highest BCUT2D eigenvalue weighted by atomic mass is 32.2. The van der Waals surface area contributed by atoms with Gasteiger partial charge in [-0.15, -0.1) is 21.5 Å². The maximum atomic E-state index is 12.4. The number of benzene rings is 2. The third kappa shape index (κ3) is 4.92. The molecule has 0 atom stereocenters. The van der Waals surface area contributed by atoms with Crippen LogP contribution in [0.4, 0.5) is 10.8 Å². The molecule has 0 aliphatic rings. The van der Waals surface area contributed by atoms with Crippen molar-refractivity contribution in [2.75, 3.05) is 4.90 Å². The van der Waals surface area contributed by atoms with Crippen molar-refractivity contribution in [3.8, 4) is 11.5 Å². The van der Waals surface area contributed by atoms with Crippen LogP contribution in [0.3, 0.4) is 0 Å². The van der Waals surface area contributed by atoms with E-state index in [-0.39, 0.29) is 5.91 Å². The van der Waals surface area contributed by atoms with E-state index in [2.05, 4.69) is 27.3 Å². The minimum atomic E-state index is -0.0690. The molecule has 0 radical (unpaired) electrons. The van der Waals surface area contributed by atoms with Gasteiger partial charge in [-0.25, -0.2) is 4.98 Å². The standard InChI is InChI=1S/C24H24N4O2S2/c1-14-6-7-21(17(4)9-14)28(18(5)29)23-25-20(12-31-23)13-32-24-27-26-22(30-24)19-10-15(2)8-16(3)11-19/h6-12H,13H2,1-5H3. The number of aromatic nitrogens is 3. The summed E-state index contributed by atoms with van der Waals surface area (Å²) in [6, 6.07) is 12.2. The molecular weight excluding hydrogens is 440 g/mol. The summed E-state index contributed by atoms with van der Waals surface area (Å²) in [5.41, 5.74) is 7.14. The van der Waals surface area contributed by atoms with Gasteiger partial charge in [0.1, 0.15) is 0 Å². The summed E-state index contributed by atoms with van der Waals surface area (Å²) in [6.07, 6.45) is 0. The maximum Gasteiger partial charge on any atom is 0.277 e. The van der Waals surface area contributed by atoms with Crippen molar-refractivity contribution < 1.29 is 9.21 Å². The zero-order valence-electron chi connectivity index (χ0n) is 18.7. The molecule has 0 fully saturated rings. The monoisotopic (exact) mass is 464 g/mol. The third-order valence-electron chi connectivity index (χ3n) is 4.86. The molecule has 4 rings (SSSR count). The average Bonchev–Trinajstić information content (AvgIpc) is 3.37. The van der Waals surface area contributed by atoms with E-state index in [1.54, 1.807) is 11.8 Å². The molecule has 0 unspecified atom stereocenters. The molecule has 0 N–H and O–H groups in total. The topological polar surface area (TPSA) is 72.1 Å². The first-order chi connectivity index (χ1) is 15.3. The molecule has 0 aliphatic carbocycles. The molecule has 0 aliphatic heterocycles. The van der Waals surface area contributed by atoms with Crippen molar-refractivity contribution in [1.29, 1.82) is 0 Å². The van der Waals surface area contributed by atoms with Gasteiger partial charge in [0.2, 0.25) is 11.8 Å². The molecule has 1 amide bonds. The summed E-state index contributed by atoms with van der Waals surface area (Å²) < 4.78 is 5.84. The molecule has 2 aromatic carbocycles. The lowest BCUT2D eigenvalue weighted by Crippen LogP contribution is -2.23. The lowest BCUT2D eigenvalue weighted by atomic mass is 10.1. The summed E-state index contributed by atoms with van der Waals surface area (Å²) in [5.74, 6) is 1.01. The fourth-order valence-electron chi connectivity index (χ4n) is 3.55. The molecule has 0 saturated heterocycles. The van der Waals surface area contributed by atoms with E-state index < -0.39 is 0 Å². The Morgan fingerprint density at radius 3 is 2.47 bits per heavy atom. The number of amides is 1. The van der Waals surface area contributed by atoms with Gasteiger partial charge in [-0.3, -0.25) is 9.69 Å². The number of hydrogen-bond donors (Lipinski definition) is 0. The largest absolute Gasteiger partial charge is 0.411 e. The molecule has 0 bridgehead atoms. The number of rotatable bonds is 6. The second-order valence-corrected chi connectivity index (χ2v) is 9.57. The Kier molecular flexibility index (Phi) is 6.43. The first-order valence-corrected chi connectivity index (χ1v) is 12.0.